The van der Waals surface area contributed by atoms with Crippen LogP contribution in [0, 0.1) is 0 Å². The highest BCUT2D eigenvalue weighted by Crippen LogP contribution is 2.13. The van der Waals surface area contributed by atoms with E-state index in [2.05, 4.69) is 14.2 Å². The van der Waals surface area contributed by atoms with Gasteiger partial charge in [-0.05, 0) is 17.7 Å². The normalized spacial score (nSPS) is 10.6. The summed E-state index contributed by atoms with van der Waals surface area (Å²) in [6.45, 7) is 2.12. The number of hydrazine groups is 1. The van der Waals surface area contributed by atoms with Crippen LogP contribution in [0.25, 0.3) is 11.0 Å². The Labute approximate surface area is 97.4 Å². The topological polar surface area (TPSA) is 58.1 Å². The summed E-state index contributed by atoms with van der Waals surface area (Å²) in [4.78, 5) is 11.0. The number of hydrogen-bond donors (Lipinski definition) is 1. The minimum absolute atomic E-state index is 0.0172. The van der Waals surface area contributed by atoms with Gasteiger partial charge in [-0.2, -0.15) is 8.75 Å². The van der Waals surface area contributed by atoms with Gasteiger partial charge in [0.15, 0.2) is 0 Å². The molecule has 0 atom stereocenters. The zero-order chi connectivity index (χ0) is 11.5. The molecule has 16 heavy (non-hydrogen) atoms. The highest BCUT2D eigenvalue weighted by atomic mass is 32.1. The third kappa shape index (κ3) is 2.34. The van der Waals surface area contributed by atoms with Gasteiger partial charge in [0.25, 0.3) is 0 Å². The summed E-state index contributed by atoms with van der Waals surface area (Å²) in [5.41, 5.74) is 5.88. The second kappa shape index (κ2) is 4.54. The van der Waals surface area contributed by atoms with Crippen LogP contribution in [-0.2, 0) is 11.3 Å². The van der Waals surface area contributed by atoms with E-state index in [1.807, 2.05) is 18.2 Å². The third-order valence-electron chi connectivity index (χ3n) is 2.31. The molecule has 0 aliphatic rings. The lowest BCUT2D eigenvalue weighted by Crippen LogP contribution is -2.37. The van der Waals surface area contributed by atoms with Crippen LogP contribution in [0.2, 0.25) is 0 Å². The van der Waals surface area contributed by atoms with Crippen molar-refractivity contribution in [2.75, 3.05) is 7.05 Å². The van der Waals surface area contributed by atoms with Crippen molar-refractivity contribution in [1.82, 2.24) is 19.2 Å². The van der Waals surface area contributed by atoms with Crippen LogP contribution < -0.4 is 5.43 Å². The highest BCUT2D eigenvalue weighted by Gasteiger charge is 2.03. The van der Waals surface area contributed by atoms with Gasteiger partial charge in [-0.1, -0.05) is 6.07 Å². The quantitative estimate of drug-likeness (QED) is 0.813. The van der Waals surface area contributed by atoms with Crippen molar-refractivity contribution in [2.45, 2.75) is 13.5 Å². The van der Waals surface area contributed by atoms with Gasteiger partial charge in [-0.3, -0.25) is 9.80 Å². The lowest BCUT2D eigenvalue weighted by atomic mass is 10.2. The van der Waals surface area contributed by atoms with Crippen LogP contribution in [0.3, 0.4) is 0 Å². The fraction of sp³-hybridized carbons (Fsp3) is 0.300. The minimum Gasteiger partial charge on any atom is -0.281 e. The summed E-state index contributed by atoms with van der Waals surface area (Å²) in [5.74, 6) is -0.0172. The lowest BCUT2D eigenvalue weighted by Gasteiger charge is -2.15. The molecule has 2 aromatic rings. The van der Waals surface area contributed by atoms with Crippen LogP contribution in [0.1, 0.15) is 12.5 Å². The first-order valence-corrected chi connectivity index (χ1v) is 5.59. The van der Waals surface area contributed by atoms with E-state index in [1.54, 1.807) is 7.05 Å². The second-order valence-electron chi connectivity index (χ2n) is 3.50. The molecule has 1 aromatic heterocycles. The highest BCUT2D eigenvalue weighted by molar-refractivity contribution is 7.00. The molecule has 84 valence electrons. The van der Waals surface area contributed by atoms with Crippen molar-refractivity contribution >= 4 is 28.7 Å². The number of hydrogen-bond acceptors (Lipinski definition) is 5. The van der Waals surface area contributed by atoms with Crippen molar-refractivity contribution in [3.63, 3.8) is 0 Å². The molecule has 1 N–H and O–H groups in total. The molecule has 2 rings (SSSR count). The third-order valence-corrected chi connectivity index (χ3v) is 2.87. The number of benzene rings is 1. The molecule has 0 aliphatic heterocycles. The summed E-state index contributed by atoms with van der Waals surface area (Å²) in [5, 5.41) is 1.46. The Kier molecular flexibility index (Phi) is 3.12. The van der Waals surface area contributed by atoms with Gasteiger partial charge in [0.05, 0.1) is 11.7 Å². The predicted molar refractivity (Wildman–Crippen MR) is 62.7 cm³/mol. The second-order valence-corrected chi connectivity index (χ2v) is 4.03. The van der Waals surface area contributed by atoms with Gasteiger partial charge in [0.1, 0.15) is 11.0 Å². The van der Waals surface area contributed by atoms with Crippen molar-refractivity contribution in [3.05, 3.63) is 23.8 Å². The van der Waals surface area contributed by atoms with E-state index in [9.17, 15) is 4.79 Å². The summed E-state index contributed by atoms with van der Waals surface area (Å²) >= 11 is 1.21. The number of nitrogens with one attached hydrogen (secondary N) is 1. The fourth-order valence-corrected chi connectivity index (χ4v) is 1.78. The van der Waals surface area contributed by atoms with Crippen molar-refractivity contribution in [1.29, 1.82) is 0 Å². The number of aromatic nitrogens is 2. The van der Waals surface area contributed by atoms with E-state index < -0.39 is 0 Å². The van der Waals surface area contributed by atoms with Crippen molar-refractivity contribution in [3.8, 4) is 0 Å². The van der Waals surface area contributed by atoms with Gasteiger partial charge in [0.2, 0.25) is 5.91 Å². The average molecular weight is 236 g/mol. The Bertz CT molecular complexity index is 510. The summed E-state index contributed by atoms with van der Waals surface area (Å²) < 4.78 is 8.29. The molecule has 0 aliphatic carbocycles. The minimum atomic E-state index is -0.0172. The summed E-state index contributed by atoms with van der Waals surface area (Å²) in [6, 6.07) is 5.88. The Hall–Kier alpha value is -1.53. The largest absolute Gasteiger partial charge is 0.281 e. The maximum atomic E-state index is 11.0. The molecule has 1 amide bonds. The monoisotopic (exact) mass is 236 g/mol. The first-order chi connectivity index (χ1) is 7.66. The van der Waals surface area contributed by atoms with Gasteiger partial charge < -0.3 is 0 Å². The Balaban J connectivity index is 2.06. The molecule has 1 aromatic carbocycles. The zero-order valence-electron chi connectivity index (χ0n) is 9.10. The molecule has 6 heteroatoms. The molecular weight excluding hydrogens is 224 g/mol. The van der Waals surface area contributed by atoms with Crippen LogP contribution >= 0.6 is 11.7 Å². The van der Waals surface area contributed by atoms with Crippen LogP contribution in [0.5, 0.6) is 0 Å². The summed E-state index contributed by atoms with van der Waals surface area (Å²) in [6.07, 6.45) is 0. The Morgan fingerprint density at radius 3 is 2.94 bits per heavy atom. The average Bonchev–Trinajstić information content (AvgIpc) is 2.72. The molecule has 0 saturated heterocycles. The molecule has 0 spiro atoms. The SMILES string of the molecule is CC(=O)N(C)NCc1ccc2nsnc2c1. The molecule has 1 heterocycles. The molecule has 0 saturated carbocycles. The molecular formula is C10H12N4OS. The Morgan fingerprint density at radius 1 is 1.44 bits per heavy atom. The molecule has 0 fully saturated rings. The first-order valence-electron chi connectivity index (χ1n) is 4.86. The molecule has 0 unspecified atom stereocenters. The lowest BCUT2D eigenvalue weighted by molar-refractivity contribution is -0.130. The van der Waals surface area contributed by atoms with Crippen LogP contribution in [-0.4, -0.2) is 26.7 Å². The van der Waals surface area contributed by atoms with E-state index in [-0.39, 0.29) is 5.91 Å². The van der Waals surface area contributed by atoms with E-state index in [0.717, 1.165) is 16.6 Å². The van der Waals surface area contributed by atoms with E-state index >= 15 is 0 Å². The number of carbonyl (C=O) groups is 1. The predicted octanol–water partition coefficient (Wildman–Crippen LogP) is 1.17. The van der Waals surface area contributed by atoms with Crippen molar-refractivity contribution in [2.24, 2.45) is 0 Å². The van der Waals surface area contributed by atoms with Gasteiger partial charge >= 0.3 is 0 Å². The molecule has 5 nitrogen and oxygen atoms in total. The maximum absolute atomic E-state index is 11.0. The molecule has 0 bridgehead atoms. The van der Waals surface area contributed by atoms with Crippen LogP contribution in [0.4, 0.5) is 0 Å². The number of nitrogens with zero attached hydrogens (tertiary/aromatic N) is 3. The summed E-state index contributed by atoms with van der Waals surface area (Å²) in [7, 11) is 1.70. The Morgan fingerprint density at radius 2 is 2.19 bits per heavy atom. The van der Waals surface area contributed by atoms with E-state index in [1.165, 1.54) is 23.7 Å². The van der Waals surface area contributed by atoms with Gasteiger partial charge in [-0.25, -0.2) is 5.43 Å². The van der Waals surface area contributed by atoms with Gasteiger partial charge in [-0.15, -0.1) is 0 Å². The van der Waals surface area contributed by atoms with Crippen LogP contribution in [0.15, 0.2) is 18.2 Å². The van der Waals surface area contributed by atoms with Crippen molar-refractivity contribution < 1.29 is 4.79 Å². The number of carbonyl (C=O) groups excluding carboxylic acids is 1. The number of fused-ring (bicyclic) bond motifs is 1. The fourth-order valence-electron chi connectivity index (χ4n) is 1.26. The zero-order valence-corrected chi connectivity index (χ0v) is 9.91. The van der Waals surface area contributed by atoms with E-state index in [4.69, 9.17) is 0 Å². The number of amides is 1. The first kappa shape index (κ1) is 11.0. The smallest absolute Gasteiger partial charge is 0.233 e. The van der Waals surface area contributed by atoms with E-state index in [0.29, 0.717) is 6.54 Å². The number of rotatable bonds is 3. The molecule has 0 radical (unpaired) electrons. The van der Waals surface area contributed by atoms with Gasteiger partial charge in [0, 0.05) is 20.5 Å². The standard InChI is InChI=1S/C10H12N4OS/c1-7(15)14(2)11-6-8-3-4-9-10(5-8)13-16-12-9/h3-5,11H,6H2,1-2H3. The maximum Gasteiger partial charge on any atom is 0.233 e.